The molecule has 3 N–H and O–H groups in total. The first-order chi connectivity index (χ1) is 7.29. The van der Waals surface area contributed by atoms with Gasteiger partial charge in [-0.25, -0.2) is 4.39 Å². The van der Waals surface area contributed by atoms with Crippen LogP contribution < -0.4 is 10.8 Å². The van der Waals surface area contributed by atoms with Gasteiger partial charge in [-0.2, -0.15) is 0 Å². The highest BCUT2D eigenvalue weighted by Crippen LogP contribution is 2.05. The Hall–Kier alpha value is -0.905. The van der Waals surface area contributed by atoms with Crippen LogP contribution in [-0.2, 0) is 6.54 Å². The average Bonchev–Trinajstić information content (AvgIpc) is 2.14. The SMILES string of the molecule is CC(C)(C)NCc1ccc(F)c(B(O)O)c1. The molecule has 88 valence electrons. The molecule has 1 aromatic rings. The van der Waals surface area contributed by atoms with Crippen molar-refractivity contribution in [1.82, 2.24) is 5.32 Å². The minimum atomic E-state index is -1.77. The fourth-order valence-corrected chi connectivity index (χ4v) is 1.27. The molecule has 1 rings (SSSR count). The number of halogens is 1. The Balaban J connectivity index is 2.79. The van der Waals surface area contributed by atoms with Gasteiger partial charge in [-0.1, -0.05) is 12.1 Å². The van der Waals surface area contributed by atoms with Gasteiger partial charge in [0.1, 0.15) is 5.82 Å². The van der Waals surface area contributed by atoms with E-state index in [1.165, 1.54) is 12.1 Å². The smallest absolute Gasteiger partial charge is 0.423 e. The molecule has 0 heterocycles. The van der Waals surface area contributed by atoms with Gasteiger partial charge in [0, 0.05) is 17.5 Å². The maximum Gasteiger partial charge on any atom is 0.491 e. The van der Waals surface area contributed by atoms with E-state index in [0.717, 1.165) is 5.56 Å². The first-order valence-electron chi connectivity index (χ1n) is 5.19. The number of nitrogens with one attached hydrogen (secondary N) is 1. The van der Waals surface area contributed by atoms with Crippen molar-refractivity contribution in [2.75, 3.05) is 0 Å². The molecule has 3 nitrogen and oxygen atoms in total. The van der Waals surface area contributed by atoms with Crippen molar-refractivity contribution in [3.8, 4) is 0 Å². The van der Waals surface area contributed by atoms with Crippen molar-refractivity contribution in [3.05, 3.63) is 29.6 Å². The van der Waals surface area contributed by atoms with Crippen LogP contribution in [-0.4, -0.2) is 22.7 Å². The van der Waals surface area contributed by atoms with E-state index in [-0.39, 0.29) is 11.0 Å². The standard InChI is InChI=1S/C11H17BFNO2/c1-11(2,3)14-7-8-4-5-10(13)9(6-8)12(15)16/h4-6,14-16H,7H2,1-3H3. The van der Waals surface area contributed by atoms with Crippen LogP contribution in [0.4, 0.5) is 4.39 Å². The Labute approximate surface area is 95.5 Å². The van der Waals surface area contributed by atoms with Crippen molar-refractivity contribution in [2.45, 2.75) is 32.9 Å². The summed E-state index contributed by atoms with van der Waals surface area (Å²) in [5, 5.41) is 21.1. The molecule has 0 spiro atoms. The molecule has 0 amide bonds. The van der Waals surface area contributed by atoms with E-state index in [1.807, 2.05) is 20.8 Å². The predicted molar refractivity (Wildman–Crippen MR) is 62.8 cm³/mol. The summed E-state index contributed by atoms with van der Waals surface area (Å²) in [6.45, 7) is 6.64. The number of hydrogen-bond donors (Lipinski definition) is 3. The van der Waals surface area contributed by atoms with Gasteiger partial charge in [0.15, 0.2) is 0 Å². The molecule has 0 atom stereocenters. The van der Waals surface area contributed by atoms with Crippen LogP contribution in [0.15, 0.2) is 18.2 Å². The quantitative estimate of drug-likeness (QED) is 0.652. The van der Waals surface area contributed by atoms with Crippen LogP contribution in [0.1, 0.15) is 26.3 Å². The maximum absolute atomic E-state index is 13.2. The van der Waals surface area contributed by atoms with Crippen LogP contribution >= 0.6 is 0 Å². The second kappa shape index (κ2) is 4.95. The molecule has 0 saturated heterocycles. The van der Waals surface area contributed by atoms with Crippen molar-refractivity contribution in [1.29, 1.82) is 0 Å². The molecule has 16 heavy (non-hydrogen) atoms. The highest BCUT2D eigenvalue weighted by atomic mass is 19.1. The first kappa shape index (κ1) is 13.2. The molecule has 0 radical (unpaired) electrons. The molecule has 0 bridgehead atoms. The summed E-state index contributed by atoms with van der Waals surface area (Å²) < 4.78 is 13.2. The molecule has 0 fully saturated rings. The average molecular weight is 225 g/mol. The monoisotopic (exact) mass is 225 g/mol. The van der Waals surface area contributed by atoms with E-state index in [1.54, 1.807) is 6.07 Å². The lowest BCUT2D eigenvalue weighted by Crippen LogP contribution is -2.36. The zero-order chi connectivity index (χ0) is 12.3. The number of rotatable bonds is 3. The molecule has 0 aliphatic carbocycles. The number of hydrogen-bond acceptors (Lipinski definition) is 3. The van der Waals surface area contributed by atoms with Gasteiger partial charge in [0.05, 0.1) is 0 Å². The first-order valence-corrected chi connectivity index (χ1v) is 5.19. The van der Waals surface area contributed by atoms with Crippen LogP contribution in [0.3, 0.4) is 0 Å². The molecule has 0 aliphatic heterocycles. The highest BCUT2D eigenvalue weighted by Gasteiger charge is 2.17. The van der Waals surface area contributed by atoms with E-state index in [4.69, 9.17) is 10.0 Å². The molecule has 1 aromatic carbocycles. The van der Waals surface area contributed by atoms with Crippen LogP contribution in [0, 0.1) is 5.82 Å². The van der Waals surface area contributed by atoms with E-state index >= 15 is 0 Å². The Morgan fingerprint density at radius 2 is 1.94 bits per heavy atom. The normalized spacial score (nSPS) is 11.6. The van der Waals surface area contributed by atoms with E-state index in [2.05, 4.69) is 5.32 Å². The van der Waals surface area contributed by atoms with Crippen molar-refractivity contribution in [2.24, 2.45) is 0 Å². The van der Waals surface area contributed by atoms with Gasteiger partial charge in [0.2, 0.25) is 0 Å². The van der Waals surface area contributed by atoms with E-state index in [9.17, 15) is 4.39 Å². The topological polar surface area (TPSA) is 52.5 Å². The molecule has 0 aliphatic rings. The van der Waals surface area contributed by atoms with Crippen molar-refractivity contribution >= 4 is 12.6 Å². The second-order valence-electron chi connectivity index (χ2n) is 4.83. The van der Waals surface area contributed by atoms with Crippen molar-refractivity contribution in [3.63, 3.8) is 0 Å². The Morgan fingerprint density at radius 3 is 2.44 bits per heavy atom. The molecular formula is C11H17BFNO2. The lowest BCUT2D eigenvalue weighted by atomic mass is 9.79. The Kier molecular flexibility index (Phi) is 4.07. The highest BCUT2D eigenvalue weighted by molar-refractivity contribution is 6.58. The van der Waals surface area contributed by atoms with Gasteiger partial charge in [-0.15, -0.1) is 0 Å². The minimum Gasteiger partial charge on any atom is -0.423 e. The molecular weight excluding hydrogens is 208 g/mol. The zero-order valence-electron chi connectivity index (χ0n) is 9.79. The number of benzene rings is 1. The van der Waals surface area contributed by atoms with Gasteiger partial charge < -0.3 is 15.4 Å². The largest absolute Gasteiger partial charge is 0.491 e. The van der Waals surface area contributed by atoms with Gasteiger partial charge in [-0.05, 0) is 32.4 Å². The third-order valence-corrected chi connectivity index (χ3v) is 2.16. The van der Waals surface area contributed by atoms with Gasteiger partial charge >= 0.3 is 7.12 Å². The van der Waals surface area contributed by atoms with E-state index < -0.39 is 12.9 Å². The predicted octanol–water partition coefficient (Wildman–Crippen LogP) is 0.394. The summed E-state index contributed by atoms with van der Waals surface area (Å²) in [6, 6.07) is 4.33. The molecule has 0 unspecified atom stereocenters. The van der Waals surface area contributed by atoms with Crippen LogP contribution in [0.25, 0.3) is 0 Å². The zero-order valence-corrected chi connectivity index (χ0v) is 9.79. The van der Waals surface area contributed by atoms with Crippen LogP contribution in [0.5, 0.6) is 0 Å². The molecule has 0 saturated carbocycles. The minimum absolute atomic E-state index is 0.0353. The maximum atomic E-state index is 13.2. The summed E-state index contributed by atoms with van der Waals surface area (Å²) in [5.74, 6) is -0.602. The van der Waals surface area contributed by atoms with Crippen LogP contribution in [0.2, 0.25) is 0 Å². The van der Waals surface area contributed by atoms with E-state index in [0.29, 0.717) is 6.54 Å². The fraction of sp³-hybridized carbons (Fsp3) is 0.455. The Morgan fingerprint density at radius 1 is 1.31 bits per heavy atom. The summed E-state index contributed by atoms with van der Waals surface area (Å²) >= 11 is 0. The summed E-state index contributed by atoms with van der Waals surface area (Å²) in [5.41, 5.74) is 0.694. The summed E-state index contributed by atoms with van der Waals surface area (Å²) in [6.07, 6.45) is 0. The molecule has 0 aromatic heterocycles. The second-order valence-corrected chi connectivity index (χ2v) is 4.83. The molecule has 5 heteroatoms. The fourth-order valence-electron chi connectivity index (χ4n) is 1.27. The Bertz CT molecular complexity index is 363. The summed E-state index contributed by atoms with van der Waals surface area (Å²) in [7, 11) is -1.77. The third kappa shape index (κ3) is 3.92. The van der Waals surface area contributed by atoms with Gasteiger partial charge in [0.25, 0.3) is 0 Å². The van der Waals surface area contributed by atoms with Crippen molar-refractivity contribution < 1.29 is 14.4 Å². The lowest BCUT2D eigenvalue weighted by molar-refractivity contribution is 0.421. The third-order valence-electron chi connectivity index (χ3n) is 2.16. The summed E-state index contributed by atoms with van der Waals surface area (Å²) in [4.78, 5) is 0. The van der Waals surface area contributed by atoms with Gasteiger partial charge in [-0.3, -0.25) is 0 Å². The lowest BCUT2D eigenvalue weighted by Gasteiger charge is -2.20.